The van der Waals surface area contributed by atoms with Gasteiger partial charge in [-0.1, -0.05) is 6.07 Å². The molecule has 0 aliphatic heterocycles. The highest BCUT2D eigenvalue weighted by Crippen LogP contribution is 2.29. The summed E-state index contributed by atoms with van der Waals surface area (Å²) in [5, 5.41) is 5.62. The summed E-state index contributed by atoms with van der Waals surface area (Å²) in [5.74, 6) is -1.38. The van der Waals surface area contributed by atoms with Crippen LogP contribution in [0.4, 0.5) is 37.5 Å². The number of hydrogen-bond donors (Lipinski definition) is 3. The zero-order valence-corrected chi connectivity index (χ0v) is 14.9. The van der Waals surface area contributed by atoms with E-state index < -0.39 is 17.6 Å². The van der Waals surface area contributed by atoms with Gasteiger partial charge in [-0.2, -0.15) is 0 Å². The summed E-state index contributed by atoms with van der Waals surface area (Å²) < 4.78 is 32.2. The molecule has 0 radical (unpaired) electrons. The van der Waals surface area contributed by atoms with Gasteiger partial charge in [0.2, 0.25) is 0 Å². The third kappa shape index (κ3) is 4.32. The van der Waals surface area contributed by atoms with Crippen molar-refractivity contribution in [2.45, 2.75) is 6.92 Å². The highest BCUT2D eigenvalue weighted by Gasteiger charge is 2.13. The molecule has 3 aromatic rings. The molecule has 0 bridgehead atoms. The number of benzene rings is 2. The maximum atomic E-state index is 13.8. The van der Waals surface area contributed by atoms with Gasteiger partial charge >= 0.3 is 5.97 Å². The van der Waals surface area contributed by atoms with E-state index in [1.807, 2.05) is 0 Å². The summed E-state index contributed by atoms with van der Waals surface area (Å²) in [6.07, 6.45) is 1.22. The van der Waals surface area contributed by atoms with Crippen LogP contribution in [0.2, 0.25) is 0 Å². The lowest BCUT2D eigenvalue weighted by Gasteiger charge is -2.13. The van der Waals surface area contributed by atoms with Crippen LogP contribution < -0.4 is 16.4 Å². The third-order valence-electron chi connectivity index (χ3n) is 3.70. The average molecular weight is 385 g/mol. The molecule has 0 fully saturated rings. The summed E-state index contributed by atoms with van der Waals surface area (Å²) in [5.41, 5.74) is 6.94. The molecule has 0 atom stereocenters. The molecule has 0 saturated heterocycles. The van der Waals surface area contributed by atoms with Gasteiger partial charge in [0, 0.05) is 11.8 Å². The molecule has 2 aromatic carbocycles. The topological polar surface area (TPSA) is 102 Å². The lowest BCUT2D eigenvalue weighted by atomic mass is 10.2. The number of carbonyl (C=O) groups is 1. The highest BCUT2D eigenvalue weighted by molar-refractivity contribution is 5.91. The Kier molecular flexibility index (Phi) is 5.64. The van der Waals surface area contributed by atoms with E-state index >= 15 is 0 Å². The van der Waals surface area contributed by atoms with Crippen LogP contribution in [0, 0.1) is 11.6 Å². The number of halogens is 2. The summed E-state index contributed by atoms with van der Waals surface area (Å²) in [7, 11) is 0. The SMILES string of the molecule is CCOC(=O)c1cccc(Nc2ncnc(Nc3cc(F)ccc3F)c2N)c1. The first-order chi connectivity index (χ1) is 13.5. The number of nitrogens with one attached hydrogen (secondary N) is 2. The van der Waals surface area contributed by atoms with E-state index in [0.717, 1.165) is 18.2 Å². The van der Waals surface area contributed by atoms with Crippen molar-refractivity contribution in [1.82, 2.24) is 9.97 Å². The molecule has 9 heteroatoms. The van der Waals surface area contributed by atoms with Gasteiger partial charge in [-0.25, -0.2) is 23.5 Å². The number of carbonyl (C=O) groups excluding carboxylic acids is 1. The standard InChI is InChI=1S/C19H17F2N5O2/c1-2-28-19(27)11-4-3-5-13(8-11)25-17-16(22)18(24-10-23-17)26-15-9-12(20)6-7-14(15)21/h3-10H,2,22H2,1H3,(H2,23,24,25,26). The van der Waals surface area contributed by atoms with Crippen LogP contribution in [0.1, 0.15) is 17.3 Å². The largest absolute Gasteiger partial charge is 0.462 e. The molecular weight excluding hydrogens is 368 g/mol. The Morgan fingerprint density at radius 2 is 1.86 bits per heavy atom. The van der Waals surface area contributed by atoms with Crippen LogP contribution >= 0.6 is 0 Å². The predicted molar refractivity (Wildman–Crippen MR) is 102 cm³/mol. The van der Waals surface area contributed by atoms with Crippen LogP contribution in [-0.2, 0) is 4.74 Å². The number of nitrogens with zero attached hydrogens (tertiary/aromatic N) is 2. The monoisotopic (exact) mass is 385 g/mol. The minimum absolute atomic E-state index is 0.0905. The van der Waals surface area contributed by atoms with Crippen molar-refractivity contribution in [3.8, 4) is 0 Å². The molecule has 144 valence electrons. The Labute approximate surface area is 159 Å². The first-order valence-electron chi connectivity index (χ1n) is 8.34. The highest BCUT2D eigenvalue weighted by atomic mass is 19.1. The van der Waals surface area contributed by atoms with Crippen molar-refractivity contribution >= 4 is 34.7 Å². The molecule has 4 N–H and O–H groups in total. The molecule has 7 nitrogen and oxygen atoms in total. The van der Waals surface area contributed by atoms with E-state index in [1.165, 1.54) is 6.33 Å². The first-order valence-corrected chi connectivity index (χ1v) is 8.34. The van der Waals surface area contributed by atoms with E-state index in [9.17, 15) is 13.6 Å². The normalized spacial score (nSPS) is 10.4. The molecule has 0 saturated carbocycles. The minimum Gasteiger partial charge on any atom is -0.462 e. The van der Waals surface area contributed by atoms with E-state index in [2.05, 4.69) is 20.6 Å². The number of nitrogens with two attached hydrogens (primary N) is 1. The van der Waals surface area contributed by atoms with E-state index in [0.29, 0.717) is 11.3 Å². The van der Waals surface area contributed by atoms with Gasteiger partial charge in [-0.05, 0) is 37.3 Å². The van der Waals surface area contributed by atoms with Crippen LogP contribution in [-0.4, -0.2) is 22.5 Å². The fraction of sp³-hybridized carbons (Fsp3) is 0.105. The van der Waals surface area contributed by atoms with Crippen LogP contribution in [0.15, 0.2) is 48.8 Å². The van der Waals surface area contributed by atoms with Gasteiger partial charge in [0.05, 0.1) is 17.9 Å². The van der Waals surface area contributed by atoms with Gasteiger partial charge in [0.1, 0.15) is 23.6 Å². The van der Waals surface area contributed by atoms with Crippen molar-refractivity contribution in [3.05, 3.63) is 66.0 Å². The minimum atomic E-state index is -0.656. The van der Waals surface area contributed by atoms with Crippen molar-refractivity contribution in [1.29, 1.82) is 0 Å². The molecular formula is C19H17F2N5O2. The van der Waals surface area contributed by atoms with Crippen molar-refractivity contribution in [2.75, 3.05) is 23.0 Å². The van der Waals surface area contributed by atoms with Gasteiger partial charge < -0.3 is 21.1 Å². The fourth-order valence-electron chi connectivity index (χ4n) is 2.39. The number of hydrogen-bond acceptors (Lipinski definition) is 7. The van der Waals surface area contributed by atoms with Gasteiger partial charge in [-0.15, -0.1) is 0 Å². The fourth-order valence-corrected chi connectivity index (χ4v) is 2.39. The Hall–Kier alpha value is -3.75. The van der Waals surface area contributed by atoms with Gasteiger partial charge in [0.25, 0.3) is 0 Å². The van der Waals surface area contributed by atoms with Crippen LogP contribution in [0.25, 0.3) is 0 Å². The zero-order chi connectivity index (χ0) is 20.1. The molecule has 1 heterocycles. The molecule has 1 aromatic heterocycles. The van der Waals surface area contributed by atoms with Crippen LogP contribution in [0.3, 0.4) is 0 Å². The lowest BCUT2D eigenvalue weighted by Crippen LogP contribution is -2.07. The molecule has 0 aliphatic rings. The number of nitrogen functional groups attached to an aromatic ring is 1. The number of aromatic nitrogens is 2. The van der Waals surface area contributed by atoms with Crippen molar-refractivity contribution < 1.29 is 18.3 Å². The zero-order valence-electron chi connectivity index (χ0n) is 14.9. The third-order valence-corrected chi connectivity index (χ3v) is 3.70. The molecule has 0 unspecified atom stereocenters. The number of rotatable bonds is 6. The molecule has 0 spiro atoms. The van der Waals surface area contributed by atoms with Gasteiger partial charge in [-0.3, -0.25) is 0 Å². The van der Waals surface area contributed by atoms with E-state index in [1.54, 1.807) is 31.2 Å². The van der Waals surface area contributed by atoms with Crippen molar-refractivity contribution in [3.63, 3.8) is 0 Å². The summed E-state index contributed by atoms with van der Waals surface area (Å²) in [6.45, 7) is 1.98. The Bertz CT molecular complexity index is 1010. The van der Waals surface area contributed by atoms with E-state index in [4.69, 9.17) is 10.5 Å². The Morgan fingerprint density at radius 3 is 2.61 bits per heavy atom. The summed E-state index contributed by atoms with van der Waals surface area (Å²) in [6, 6.07) is 9.58. The summed E-state index contributed by atoms with van der Waals surface area (Å²) >= 11 is 0. The number of ether oxygens (including phenoxy) is 1. The average Bonchev–Trinajstić information content (AvgIpc) is 2.68. The second-order valence-corrected chi connectivity index (χ2v) is 5.66. The van der Waals surface area contributed by atoms with Crippen LogP contribution in [0.5, 0.6) is 0 Å². The molecule has 28 heavy (non-hydrogen) atoms. The maximum absolute atomic E-state index is 13.8. The smallest absolute Gasteiger partial charge is 0.338 e. The maximum Gasteiger partial charge on any atom is 0.338 e. The van der Waals surface area contributed by atoms with Gasteiger partial charge in [0.15, 0.2) is 11.6 Å². The quantitative estimate of drug-likeness (QED) is 0.551. The molecule has 3 rings (SSSR count). The Morgan fingerprint density at radius 1 is 1.11 bits per heavy atom. The Balaban J connectivity index is 1.85. The number of anilines is 5. The number of esters is 1. The second kappa shape index (κ2) is 8.30. The molecule has 0 amide bonds. The van der Waals surface area contributed by atoms with E-state index in [-0.39, 0.29) is 29.6 Å². The first kappa shape index (κ1) is 19.0. The van der Waals surface area contributed by atoms with Crippen molar-refractivity contribution in [2.24, 2.45) is 0 Å². The summed E-state index contributed by atoms with van der Waals surface area (Å²) in [4.78, 5) is 19.9. The predicted octanol–water partition coefficient (Wildman–Crippen LogP) is 4.00. The molecule has 0 aliphatic carbocycles. The second-order valence-electron chi connectivity index (χ2n) is 5.66. The lowest BCUT2D eigenvalue weighted by molar-refractivity contribution is 0.0526.